The molecule has 0 spiro atoms. The SMILES string of the molecule is CC/C=C\C/C=C\C/C=C\C/C=C\C/C=C\CC(=O)OCC(COP(=O)(O)OCC(O)COP(=O)(O)OCC(COC(=O)CCCCCCCC/C=C\C/C=C\C/C=C\C/C=C\CC)OC(=O)C/C=C\C/C=C\C/C=C\C/C=C\C/C=C\CC)OC(=O)CCCCCCCCCCCCCCCCC. The van der Waals surface area contributed by atoms with Crippen molar-refractivity contribution in [3.63, 3.8) is 0 Å². The third kappa shape index (κ3) is 74.7. The maximum Gasteiger partial charge on any atom is 0.472 e. The van der Waals surface area contributed by atoms with Crippen molar-refractivity contribution in [1.82, 2.24) is 0 Å². The average Bonchev–Trinajstić information content (AvgIpc) is 0.912. The molecule has 0 aliphatic carbocycles. The Morgan fingerprint density at radius 2 is 0.548 bits per heavy atom. The smallest absolute Gasteiger partial charge is 0.462 e. The van der Waals surface area contributed by atoms with Gasteiger partial charge in [0.2, 0.25) is 0 Å². The average molecular weight is 1490 g/mol. The van der Waals surface area contributed by atoms with Crippen molar-refractivity contribution in [2.24, 2.45) is 0 Å². The Morgan fingerprint density at radius 3 is 0.894 bits per heavy atom. The second-order valence-corrected chi connectivity index (χ2v) is 28.5. The van der Waals surface area contributed by atoms with E-state index in [-0.39, 0.29) is 25.7 Å². The number of unbranched alkanes of at least 4 members (excludes halogenated alkanes) is 20. The highest BCUT2D eigenvalue weighted by Crippen LogP contribution is 2.45. The minimum atomic E-state index is -5.02. The van der Waals surface area contributed by atoms with Gasteiger partial charge in [0.25, 0.3) is 0 Å². The highest BCUT2D eigenvalue weighted by molar-refractivity contribution is 7.47. The first-order valence-electron chi connectivity index (χ1n) is 39.4. The molecule has 0 heterocycles. The highest BCUT2D eigenvalue weighted by atomic mass is 31.2. The van der Waals surface area contributed by atoms with Crippen molar-refractivity contribution < 1.29 is 80.2 Å². The van der Waals surface area contributed by atoms with Crippen LogP contribution in [0.4, 0.5) is 0 Å². The molecule has 17 nitrogen and oxygen atoms in total. The summed E-state index contributed by atoms with van der Waals surface area (Å²) in [5.74, 6) is -2.50. The molecule has 590 valence electrons. The van der Waals surface area contributed by atoms with Crippen molar-refractivity contribution in [2.75, 3.05) is 39.6 Å². The van der Waals surface area contributed by atoms with Crippen LogP contribution >= 0.6 is 15.6 Å². The van der Waals surface area contributed by atoms with E-state index in [0.29, 0.717) is 25.7 Å². The van der Waals surface area contributed by atoms with Crippen LogP contribution in [0.2, 0.25) is 0 Å². The molecule has 0 saturated heterocycles. The zero-order valence-electron chi connectivity index (χ0n) is 64.4. The van der Waals surface area contributed by atoms with E-state index in [1.165, 1.54) is 64.2 Å². The van der Waals surface area contributed by atoms with E-state index in [1.807, 2.05) is 30.4 Å². The zero-order chi connectivity index (χ0) is 76.0. The molecule has 0 aliphatic heterocycles. The highest BCUT2D eigenvalue weighted by Gasteiger charge is 2.30. The molecule has 5 unspecified atom stereocenters. The van der Waals surface area contributed by atoms with Crippen LogP contribution in [0.5, 0.6) is 0 Å². The van der Waals surface area contributed by atoms with Crippen LogP contribution in [0.3, 0.4) is 0 Å². The molecule has 104 heavy (non-hydrogen) atoms. The summed E-state index contributed by atoms with van der Waals surface area (Å²) in [6.07, 6.45) is 89.7. The van der Waals surface area contributed by atoms with Gasteiger partial charge in [0, 0.05) is 12.8 Å². The Hall–Kier alpha value is -5.58. The molecule has 0 fully saturated rings. The van der Waals surface area contributed by atoms with Crippen molar-refractivity contribution in [1.29, 1.82) is 0 Å². The second-order valence-electron chi connectivity index (χ2n) is 25.5. The Morgan fingerprint density at radius 1 is 0.288 bits per heavy atom. The first-order chi connectivity index (χ1) is 50.7. The number of carbonyl (C=O) groups excluding carboxylic acids is 4. The van der Waals surface area contributed by atoms with Crippen LogP contribution in [0.1, 0.15) is 285 Å². The summed E-state index contributed by atoms with van der Waals surface area (Å²) in [5.41, 5.74) is 0. The summed E-state index contributed by atoms with van der Waals surface area (Å²) in [6.45, 7) is 4.28. The van der Waals surface area contributed by atoms with Crippen LogP contribution in [-0.4, -0.2) is 96.7 Å². The van der Waals surface area contributed by atoms with Crippen molar-refractivity contribution in [3.05, 3.63) is 170 Å². The summed E-state index contributed by atoms with van der Waals surface area (Å²) >= 11 is 0. The number of aliphatic hydroxyl groups is 1. The number of ether oxygens (including phenoxy) is 4. The van der Waals surface area contributed by atoms with Gasteiger partial charge in [-0.3, -0.25) is 37.3 Å². The molecule has 0 rings (SSSR count). The Balaban J connectivity index is 5.50. The number of phosphoric acid groups is 2. The number of carbonyl (C=O) groups is 4. The lowest BCUT2D eigenvalue weighted by Crippen LogP contribution is -2.30. The molecule has 0 aromatic heterocycles. The quantitative estimate of drug-likeness (QED) is 0.0169. The van der Waals surface area contributed by atoms with Gasteiger partial charge in [-0.05, 0) is 116 Å². The standard InChI is InChI=1S/C85H138O17P2/c1-5-9-13-17-21-25-29-33-37-38-39-40-44-46-50-54-58-62-66-70-83(88)96-76-81(102-85(90)72-68-64-60-56-52-48-43-36-32-28-24-20-16-12-8-4)78-100-104(93,94)98-74-79(86)73-97-103(91,92)99-77-80(101-84(89)71-67-63-59-55-51-47-42-35-31-27-23-19-15-11-7-3)75-95-82(87)69-65-61-57-53-49-45-41-34-30-26-22-18-14-10-6-2/h9-10,12-14,16,21-22,24-26,28,33-34,36-37,39-41,43,49,52-53,56,61,64-65,68,79-81,86H,5-8,11,15,17-20,23,27,29-32,35,38,42,44-48,50-51,54-55,57-60,62-63,66-67,69-78H2,1-4H3,(H,91,92)(H,93,94)/b13-9-,14-10-,16-12-,25-21-,26-22-,28-24-,37-33-,40-39-,41-34-,43-36-,53-49-,56-52-,65-61-,68-64-. The monoisotopic (exact) mass is 1490 g/mol. The van der Waals surface area contributed by atoms with Crippen LogP contribution < -0.4 is 0 Å². The van der Waals surface area contributed by atoms with Crippen molar-refractivity contribution in [2.45, 2.75) is 303 Å². The van der Waals surface area contributed by atoms with Crippen molar-refractivity contribution in [3.8, 4) is 0 Å². The first kappa shape index (κ1) is 98.4. The maximum absolute atomic E-state index is 13.1. The van der Waals surface area contributed by atoms with Gasteiger partial charge in [0.15, 0.2) is 12.2 Å². The minimum absolute atomic E-state index is 0.0710. The van der Waals surface area contributed by atoms with Crippen molar-refractivity contribution >= 4 is 39.5 Å². The largest absolute Gasteiger partial charge is 0.472 e. The van der Waals surface area contributed by atoms with Gasteiger partial charge in [0.1, 0.15) is 19.3 Å². The number of rotatable bonds is 72. The lowest BCUT2D eigenvalue weighted by molar-refractivity contribution is -0.160. The van der Waals surface area contributed by atoms with E-state index < -0.39 is 97.5 Å². The molecule has 0 amide bonds. The Labute approximate surface area is 629 Å². The van der Waals surface area contributed by atoms with Crippen LogP contribution in [0.25, 0.3) is 0 Å². The van der Waals surface area contributed by atoms with Crippen LogP contribution in [-0.2, 0) is 65.4 Å². The minimum Gasteiger partial charge on any atom is -0.462 e. The van der Waals surface area contributed by atoms with E-state index in [4.69, 9.17) is 37.0 Å². The predicted molar refractivity (Wildman–Crippen MR) is 426 cm³/mol. The lowest BCUT2D eigenvalue weighted by Gasteiger charge is -2.21. The van der Waals surface area contributed by atoms with Crippen LogP contribution in [0, 0.1) is 0 Å². The van der Waals surface area contributed by atoms with E-state index in [9.17, 15) is 43.2 Å². The molecular formula is C85H138O17P2. The summed E-state index contributed by atoms with van der Waals surface area (Å²) in [4.78, 5) is 72.9. The van der Waals surface area contributed by atoms with E-state index in [0.717, 1.165) is 141 Å². The van der Waals surface area contributed by atoms with Gasteiger partial charge in [0.05, 0.1) is 39.3 Å². The molecule has 19 heteroatoms. The fourth-order valence-electron chi connectivity index (χ4n) is 9.89. The van der Waals surface area contributed by atoms with E-state index >= 15 is 0 Å². The van der Waals surface area contributed by atoms with Gasteiger partial charge < -0.3 is 33.8 Å². The number of hydrogen-bond donors (Lipinski definition) is 3. The molecule has 0 aliphatic rings. The van der Waals surface area contributed by atoms with Gasteiger partial charge in [-0.25, -0.2) is 9.13 Å². The summed E-state index contributed by atoms with van der Waals surface area (Å²) in [5, 5.41) is 10.6. The molecule has 0 aromatic carbocycles. The second kappa shape index (κ2) is 75.6. The number of aliphatic hydroxyl groups excluding tert-OH is 1. The maximum atomic E-state index is 13.1. The molecule has 0 aromatic rings. The molecule has 5 atom stereocenters. The van der Waals surface area contributed by atoms with Gasteiger partial charge in [-0.2, -0.15) is 0 Å². The topological polar surface area (TPSA) is 237 Å². The van der Waals surface area contributed by atoms with Crippen LogP contribution in [0.15, 0.2) is 170 Å². The fourth-order valence-corrected chi connectivity index (χ4v) is 11.5. The summed E-state index contributed by atoms with van der Waals surface area (Å²) < 4.78 is 68.3. The van der Waals surface area contributed by atoms with E-state index in [1.54, 1.807) is 18.2 Å². The summed E-state index contributed by atoms with van der Waals surface area (Å²) in [7, 11) is -10.0. The molecular weight excluding hydrogens is 1350 g/mol. The Bertz CT molecular complexity index is 2640. The fraction of sp³-hybridized carbons (Fsp3) is 0.624. The number of phosphoric ester groups is 2. The van der Waals surface area contributed by atoms with Gasteiger partial charge in [-0.1, -0.05) is 313 Å². The normalized spacial score (nSPS) is 14.8. The van der Waals surface area contributed by atoms with Gasteiger partial charge in [-0.15, -0.1) is 0 Å². The number of allylic oxidation sites excluding steroid dienone is 26. The van der Waals surface area contributed by atoms with Gasteiger partial charge >= 0.3 is 39.5 Å². The third-order valence-electron chi connectivity index (χ3n) is 15.8. The molecule has 3 N–H and O–H groups in total. The Kier molecular flexibility index (Phi) is 71.6. The molecule has 0 saturated carbocycles. The number of esters is 4. The lowest BCUT2D eigenvalue weighted by atomic mass is 10.0. The predicted octanol–water partition coefficient (Wildman–Crippen LogP) is 23.0. The number of hydrogen-bond acceptors (Lipinski definition) is 15. The third-order valence-corrected chi connectivity index (χ3v) is 17.7. The summed E-state index contributed by atoms with van der Waals surface area (Å²) in [6, 6.07) is 0. The van der Waals surface area contributed by atoms with E-state index in [2.05, 4.69) is 149 Å². The first-order valence-corrected chi connectivity index (χ1v) is 42.4. The molecule has 0 radical (unpaired) electrons. The zero-order valence-corrected chi connectivity index (χ0v) is 66.2. The molecule has 0 bridgehead atoms.